The zero-order valence-electron chi connectivity index (χ0n) is 24.6. The van der Waals surface area contributed by atoms with Crippen LogP contribution >= 0.6 is 0 Å². The number of ketones is 1. The van der Waals surface area contributed by atoms with E-state index in [1.807, 2.05) is 30.3 Å². The van der Waals surface area contributed by atoms with Crippen LogP contribution in [0.25, 0.3) is 11.1 Å². The van der Waals surface area contributed by atoms with E-state index in [2.05, 4.69) is 4.90 Å². The number of aliphatic carboxylic acids is 1. The van der Waals surface area contributed by atoms with E-state index in [0.29, 0.717) is 24.3 Å². The van der Waals surface area contributed by atoms with Gasteiger partial charge in [0.25, 0.3) is 0 Å². The molecule has 3 heterocycles. The number of hydrogen-bond acceptors (Lipinski definition) is 8. The molecule has 10 nitrogen and oxygen atoms in total. The lowest BCUT2D eigenvalue weighted by atomic mass is 9.75. The Morgan fingerprint density at radius 1 is 1.02 bits per heavy atom. The maximum atomic E-state index is 13.6. The molecular formula is C31H33F3N2O8. The quantitative estimate of drug-likeness (QED) is 0.287. The number of amides is 2. The number of carbonyl (C=O) groups is 5. The number of carboxylic acid groups (broad SMARTS) is 1. The normalized spacial score (nSPS) is 24.6. The van der Waals surface area contributed by atoms with Gasteiger partial charge >= 0.3 is 18.1 Å². The third kappa shape index (κ3) is 5.44. The van der Waals surface area contributed by atoms with E-state index in [4.69, 9.17) is 19.4 Å². The Kier molecular flexibility index (Phi) is 9.19. The van der Waals surface area contributed by atoms with Gasteiger partial charge in [-0.25, -0.2) is 4.79 Å². The first-order chi connectivity index (χ1) is 20.7. The average Bonchev–Trinajstić information content (AvgIpc) is 3.45. The first-order valence-corrected chi connectivity index (χ1v) is 14.0. The molecule has 5 rings (SSSR count). The largest absolute Gasteiger partial charge is 0.496 e. The van der Waals surface area contributed by atoms with Crippen molar-refractivity contribution in [3.8, 4) is 16.9 Å². The van der Waals surface area contributed by atoms with Crippen LogP contribution in [0.5, 0.6) is 5.75 Å². The van der Waals surface area contributed by atoms with Crippen LogP contribution in [0.15, 0.2) is 42.5 Å². The highest BCUT2D eigenvalue weighted by molar-refractivity contribution is 6.09. The summed E-state index contributed by atoms with van der Waals surface area (Å²) in [5, 5.41) is 7.12. The van der Waals surface area contributed by atoms with E-state index in [9.17, 15) is 32.3 Å². The third-order valence-electron chi connectivity index (χ3n) is 8.62. The molecule has 1 N–H and O–H groups in total. The number of carboxylic acids is 1. The maximum Gasteiger partial charge on any atom is 0.490 e. The molecule has 0 aromatic heterocycles. The molecule has 13 heteroatoms. The van der Waals surface area contributed by atoms with Gasteiger partial charge in [-0.3, -0.25) is 29.0 Å². The molecular weight excluding hydrogens is 585 g/mol. The Hall–Kier alpha value is -4.26. The Balaban J connectivity index is 0.000000566. The minimum Gasteiger partial charge on any atom is -0.496 e. The molecule has 0 spiro atoms. The fourth-order valence-electron chi connectivity index (χ4n) is 6.74. The number of ether oxygens (including phenoxy) is 2. The van der Waals surface area contributed by atoms with E-state index < -0.39 is 41.5 Å². The van der Waals surface area contributed by atoms with Gasteiger partial charge in [-0.2, -0.15) is 13.2 Å². The van der Waals surface area contributed by atoms with Gasteiger partial charge in [-0.15, -0.1) is 0 Å². The molecule has 3 fully saturated rings. The van der Waals surface area contributed by atoms with E-state index >= 15 is 0 Å². The molecule has 3 aliphatic rings. The topological polar surface area (TPSA) is 131 Å². The molecule has 236 valence electrons. The highest BCUT2D eigenvalue weighted by atomic mass is 19.4. The Bertz CT molecular complexity index is 1480. The van der Waals surface area contributed by atoms with Crippen LogP contribution in [0.1, 0.15) is 55.1 Å². The number of fused-ring (bicyclic) bond motifs is 3. The lowest BCUT2D eigenvalue weighted by molar-refractivity contribution is -0.192. The van der Waals surface area contributed by atoms with Crippen molar-refractivity contribution in [1.82, 2.24) is 9.80 Å². The van der Waals surface area contributed by atoms with Crippen LogP contribution in [0.4, 0.5) is 13.2 Å². The van der Waals surface area contributed by atoms with Gasteiger partial charge in [0.2, 0.25) is 11.8 Å². The summed E-state index contributed by atoms with van der Waals surface area (Å²) in [4.78, 5) is 64.5. The van der Waals surface area contributed by atoms with Gasteiger partial charge in [-0.05, 0) is 56.8 Å². The lowest BCUT2D eigenvalue weighted by Gasteiger charge is -2.44. The van der Waals surface area contributed by atoms with Gasteiger partial charge in [0.1, 0.15) is 11.3 Å². The third-order valence-corrected chi connectivity index (χ3v) is 8.62. The second-order valence-corrected chi connectivity index (χ2v) is 10.8. The molecule has 0 bridgehead atoms. The predicted molar refractivity (Wildman–Crippen MR) is 150 cm³/mol. The minimum atomic E-state index is -5.08. The zero-order chi connectivity index (χ0) is 32.6. The minimum absolute atomic E-state index is 0.00262. The molecule has 2 amide bonds. The molecule has 0 unspecified atom stereocenters. The highest BCUT2D eigenvalue weighted by Crippen LogP contribution is 2.58. The summed E-state index contributed by atoms with van der Waals surface area (Å²) >= 11 is 0. The number of nitrogens with zero attached hydrogens (tertiary/aromatic N) is 2. The van der Waals surface area contributed by atoms with E-state index in [1.54, 1.807) is 26.2 Å². The second-order valence-electron chi connectivity index (χ2n) is 10.8. The summed E-state index contributed by atoms with van der Waals surface area (Å²) in [5.41, 5.74) is 2.03. The van der Waals surface area contributed by atoms with Crippen LogP contribution in [0.3, 0.4) is 0 Å². The summed E-state index contributed by atoms with van der Waals surface area (Å²) in [6.07, 6.45) is -2.95. The van der Waals surface area contributed by atoms with Crippen LogP contribution in [-0.4, -0.2) is 83.5 Å². The van der Waals surface area contributed by atoms with Crippen molar-refractivity contribution in [2.24, 2.45) is 11.8 Å². The molecule has 0 aliphatic carbocycles. The second kappa shape index (κ2) is 12.4. The van der Waals surface area contributed by atoms with Crippen molar-refractivity contribution in [2.45, 2.75) is 50.9 Å². The highest BCUT2D eigenvalue weighted by Gasteiger charge is 2.72. The Morgan fingerprint density at radius 2 is 1.66 bits per heavy atom. The first kappa shape index (κ1) is 32.6. The lowest BCUT2D eigenvalue weighted by Crippen LogP contribution is -2.59. The summed E-state index contributed by atoms with van der Waals surface area (Å²) in [5.74, 6) is -4.56. The number of halogens is 3. The standard InChI is InChI=1S/C29H32N2O6.C2HF3O2/c1-5-30-26(33)23-24(27(30)34)29(28(35)37-4)14-6-7-15-31(29)25(23)20-12-13-21(22(16-20)36-3)19-10-8-18(9-11-19)17(2)32;3-2(4,5)1(6)7/h8-13,16,23-25H,5-7,14-15H2,1-4H3;(H,6,7)/t23-,24-,25-,29+;/m1./s1. The van der Waals surface area contributed by atoms with Crippen LogP contribution < -0.4 is 4.74 Å². The number of rotatable bonds is 6. The number of alkyl halides is 3. The number of likely N-dealkylation sites (tertiary alicyclic amines) is 1. The fourth-order valence-corrected chi connectivity index (χ4v) is 6.74. The molecule has 3 saturated heterocycles. The number of imide groups is 1. The Morgan fingerprint density at radius 3 is 2.18 bits per heavy atom. The van der Waals surface area contributed by atoms with Gasteiger partial charge in [0.15, 0.2) is 5.78 Å². The van der Waals surface area contributed by atoms with Crippen molar-refractivity contribution in [3.63, 3.8) is 0 Å². The van der Waals surface area contributed by atoms with E-state index in [-0.39, 0.29) is 24.1 Å². The van der Waals surface area contributed by atoms with Crippen molar-refractivity contribution < 1.29 is 51.7 Å². The molecule has 0 saturated carbocycles. The molecule has 2 aromatic carbocycles. The van der Waals surface area contributed by atoms with Crippen molar-refractivity contribution in [1.29, 1.82) is 0 Å². The number of hydrogen-bond donors (Lipinski definition) is 1. The van der Waals surface area contributed by atoms with E-state index in [0.717, 1.165) is 29.5 Å². The maximum absolute atomic E-state index is 13.6. The van der Waals surface area contributed by atoms with Gasteiger partial charge < -0.3 is 14.6 Å². The molecule has 4 atom stereocenters. The van der Waals surface area contributed by atoms with Gasteiger partial charge in [0, 0.05) is 23.7 Å². The van der Waals surface area contributed by atoms with Gasteiger partial charge in [-0.1, -0.05) is 36.4 Å². The number of esters is 1. The number of benzene rings is 2. The fraction of sp³-hybridized carbons (Fsp3) is 0.452. The molecule has 44 heavy (non-hydrogen) atoms. The summed E-state index contributed by atoms with van der Waals surface area (Å²) in [6, 6.07) is 12.7. The zero-order valence-corrected chi connectivity index (χ0v) is 24.6. The van der Waals surface area contributed by atoms with Crippen LogP contribution in [-0.2, 0) is 23.9 Å². The predicted octanol–water partition coefficient (Wildman–Crippen LogP) is 4.27. The first-order valence-electron chi connectivity index (χ1n) is 14.0. The number of piperidine rings is 1. The number of methoxy groups -OCH3 is 2. The van der Waals surface area contributed by atoms with Crippen molar-refractivity contribution in [3.05, 3.63) is 53.6 Å². The summed E-state index contributed by atoms with van der Waals surface area (Å²) in [7, 11) is 2.94. The molecule has 0 radical (unpaired) electrons. The average molecular weight is 619 g/mol. The van der Waals surface area contributed by atoms with Crippen LogP contribution in [0, 0.1) is 11.8 Å². The number of Topliss-reactive ketones (excluding diaryl/α,β-unsaturated/α-hetero) is 1. The van der Waals surface area contributed by atoms with Crippen LogP contribution in [0.2, 0.25) is 0 Å². The van der Waals surface area contributed by atoms with Crippen molar-refractivity contribution in [2.75, 3.05) is 27.3 Å². The smallest absolute Gasteiger partial charge is 0.490 e. The number of carbonyl (C=O) groups excluding carboxylic acids is 4. The summed E-state index contributed by atoms with van der Waals surface area (Å²) < 4.78 is 42.8. The Labute approximate surface area is 251 Å². The SMILES string of the molecule is CCN1C(=O)[C@H]2[C@@H](c3ccc(-c4ccc(C(C)=O)cc4)c(OC)c3)N3CCCC[C@@]3(C(=O)OC)[C@H]2C1=O.O=C(O)C(F)(F)F. The van der Waals surface area contributed by atoms with Gasteiger partial charge in [0.05, 0.1) is 26.1 Å². The molecule has 2 aromatic rings. The molecule has 3 aliphatic heterocycles. The monoisotopic (exact) mass is 618 g/mol. The summed E-state index contributed by atoms with van der Waals surface area (Å²) in [6.45, 7) is 4.18. The van der Waals surface area contributed by atoms with E-state index in [1.165, 1.54) is 18.9 Å². The van der Waals surface area contributed by atoms with Crippen molar-refractivity contribution >= 4 is 29.5 Å².